The van der Waals surface area contributed by atoms with Crippen LogP contribution >= 0.6 is 0 Å². The van der Waals surface area contributed by atoms with Crippen LogP contribution in [0.2, 0.25) is 0 Å². The lowest BCUT2D eigenvalue weighted by atomic mass is 10.3. The normalized spacial score (nSPS) is 11.9. The summed E-state index contributed by atoms with van der Waals surface area (Å²) in [7, 11) is -3.89. The van der Waals surface area contributed by atoms with Gasteiger partial charge < -0.3 is 22.9 Å². The summed E-state index contributed by atoms with van der Waals surface area (Å²) < 4.78 is 26.0. The van der Waals surface area contributed by atoms with Crippen LogP contribution in [0.4, 0.5) is 46.3 Å². The number of nitrogens with one attached hydrogen (secondary N) is 2. The molecule has 2 aromatic carbocycles. The highest BCUT2D eigenvalue weighted by Crippen LogP contribution is 2.27. The number of hydrogen-bond acceptors (Lipinski definition) is 14. The Morgan fingerprint density at radius 1 is 0.595 bits per heavy atom. The van der Waals surface area contributed by atoms with Gasteiger partial charge in [-0.25, -0.2) is 8.42 Å². The molecule has 2 aromatic heterocycles. The van der Waals surface area contributed by atoms with Gasteiger partial charge in [-0.1, -0.05) is 0 Å². The lowest BCUT2D eigenvalue weighted by Crippen LogP contribution is -2.12. The number of benzene rings is 2. The van der Waals surface area contributed by atoms with Gasteiger partial charge in [0.1, 0.15) is 0 Å². The van der Waals surface area contributed by atoms with Crippen LogP contribution < -0.4 is 34.1 Å². The van der Waals surface area contributed by atoms with Gasteiger partial charge in [0.15, 0.2) is 23.0 Å². The molecule has 17 heteroatoms. The summed E-state index contributed by atoms with van der Waals surface area (Å²) in [5.74, 6) is -0.725. The highest BCUT2D eigenvalue weighted by atomic mass is 32.2. The molecule has 10 N–H and O–H groups in total. The lowest BCUT2D eigenvalue weighted by Gasteiger charge is -2.05. The molecule has 0 unspecified atom stereocenters. The number of azo groups is 2. The van der Waals surface area contributed by atoms with Crippen LogP contribution in [0, 0.1) is 0 Å². The SMILES string of the molecule is Nc1nc(N)c(N=Nc2ccc(S(=O)(=O)c3ccc(N=Nc4c(N)nc(N)[nH]c4=O)cc3)cc2)c(=O)[nH]1. The lowest BCUT2D eigenvalue weighted by molar-refractivity contribution is 0.596. The zero-order chi connectivity index (χ0) is 26.7. The summed E-state index contributed by atoms with van der Waals surface area (Å²) in [6, 6.07) is 10.9. The second-order valence-corrected chi connectivity index (χ2v) is 9.21. The average molecular weight is 523 g/mol. The van der Waals surface area contributed by atoms with Crippen molar-refractivity contribution in [2.45, 2.75) is 9.79 Å². The molecule has 0 saturated carbocycles. The van der Waals surface area contributed by atoms with Crippen LogP contribution in [0.3, 0.4) is 0 Å². The molecular weight excluding hydrogens is 504 g/mol. The fraction of sp³-hybridized carbons (Fsp3) is 0. The molecule has 0 radical (unpaired) electrons. The third-order valence-electron chi connectivity index (χ3n) is 4.71. The maximum atomic E-state index is 13.0. The van der Waals surface area contributed by atoms with Crippen molar-refractivity contribution >= 4 is 56.1 Å². The number of nitrogens with two attached hydrogens (primary N) is 4. The van der Waals surface area contributed by atoms with Gasteiger partial charge in [-0.2, -0.15) is 20.2 Å². The molecule has 0 aliphatic rings. The van der Waals surface area contributed by atoms with E-state index in [1.165, 1.54) is 48.5 Å². The summed E-state index contributed by atoms with van der Waals surface area (Å²) >= 11 is 0. The molecule has 4 rings (SSSR count). The quantitative estimate of drug-likeness (QED) is 0.200. The van der Waals surface area contributed by atoms with Crippen LogP contribution in [-0.2, 0) is 9.84 Å². The molecule has 2 heterocycles. The molecule has 0 fully saturated rings. The van der Waals surface area contributed by atoms with Crippen molar-refractivity contribution in [3.8, 4) is 0 Å². The van der Waals surface area contributed by atoms with Crippen molar-refractivity contribution in [1.29, 1.82) is 0 Å². The van der Waals surface area contributed by atoms with Crippen molar-refractivity contribution in [2.75, 3.05) is 22.9 Å². The van der Waals surface area contributed by atoms with Crippen molar-refractivity contribution in [2.24, 2.45) is 20.5 Å². The van der Waals surface area contributed by atoms with Gasteiger partial charge in [0, 0.05) is 0 Å². The summed E-state index contributed by atoms with van der Waals surface area (Å²) in [4.78, 5) is 35.6. The number of nitrogen functional groups attached to an aromatic ring is 4. The van der Waals surface area contributed by atoms with Gasteiger partial charge in [-0.05, 0) is 48.5 Å². The Balaban J connectivity index is 1.52. The van der Waals surface area contributed by atoms with Crippen LogP contribution in [0.25, 0.3) is 0 Å². The average Bonchev–Trinajstić information content (AvgIpc) is 2.83. The number of sulfone groups is 1. The van der Waals surface area contributed by atoms with Gasteiger partial charge in [-0.15, -0.1) is 10.2 Å². The number of aromatic nitrogens is 4. The van der Waals surface area contributed by atoms with Gasteiger partial charge >= 0.3 is 0 Å². The van der Waals surface area contributed by atoms with Crippen LogP contribution in [0.5, 0.6) is 0 Å². The van der Waals surface area contributed by atoms with E-state index in [9.17, 15) is 18.0 Å². The standard InChI is InChI=1S/C20H18N12O4S/c21-15-13(17(33)27-19(23)25-15)31-29-9-1-5-11(6-2-9)37(35,36)12-7-3-10(4-8-12)30-32-14-16(22)26-20(24)28-18(14)34/h1-8H,(H5,21,23,25,27,33)(H5,22,24,26,28,34). The third-order valence-corrected chi connectivity index (χ3v) is 6.49. The number of rotatable bonds is 6. The Labute approximate surface area is 207 Å². The first kappa shape index (κ1) is 24.7. The van der Waals surface area contributed by atoms with Crippen molar-refractivity contribution in [3.63, 3.8) is 0 Å². The van der Waals surface area contributed by atoms with Crippen molar-refractivity contribution in [3.05, 3.63) is 69.2 Å². The second kappa shape index (κ2) is 9.66. The minimum absolute atomic E-state index is 0.0143. The van der Waals surface area contributed by atoms with E-state index in [2.05, 4.69) is 40.4 Å². The topological polar surface area (TPSA) is 279 Å². The third kappa shape index (κ3) is 5.30. The zero-order valence-corrected chi connectivity index (χ0v) is 19.5. The van der Waals surface area contributed by atoms with E-state index in [4.69, 9.17) is 22.9 Å². The Morgan fingerprint density at radius 3 is 1.27 bits per heavy atom. The predicted octanol–water partition coefficient (Wildman–Crippen LogP) is 1.85. The molecular formula is C20H18N12O4S. The summed E-state index contributed by atoms with van der Waals surface area (Å²) in [5, 5.41) is 15.3. The van der Waals surface area contributed by atoms with E-state index >= 15 is 0 Å². The molecule has 16 nitrogen and oxygen atoms in total. The highest BCUT2D eigenvalue weighted by Gasteiger charge is 2.17. The molecule has 0 aliphatic carbocycles. The smallest absolute Gasteiger partial charge is 0.282 e. The Morgan fingerprint density at radius 2 is 0.946 bits per heavy atom. The number of hydrogen-bond donors (Lipinski definition) is 6. The minimum Gasteiger partial charge on any atom is -0.382 e. The number of anilines is 4. The molecule has 188 valence electrons. The number of nitrogens with zero attached hydrogens (tertiary/aromatic N) is 6. The first-order valence-electron chi connectivity index (χ1n) is 10.1. The van der Waals surface area contributed by atoms with E-state index in [-0.39, 0.29) is 56.1 Å². The summed E-state index contributed by atoms with van der Waals surface area (Å²) in [5.41, 5.74) is 20.8. The van der Waals surface area contributed by atoms with E-state index in [0.717, 1.165) is 0 Å². The highest BCUT2D eigenvalue weighted by molar-refractivity contribution is 7.91. The molecule has 37 heavy (non-hydrogen) atoms. The zero-order valence-electron chi connectivity index (χ0n) is 18.7. The number of H-pyrrole nitrogens is 2. The van der Waals surface area contributed by atoms with Crippen LogP contribution in [0.15, 0.2) is 88.4 Å². The van der Waals surface area contributed by atoms with Gasteiger partial charge in [0.2, 0.25) is 21.7 Å². The monoisotopic (exact) mass is 522 g/mol. The maximum Gasteiger partial charge on any atom is 0.282 e. The molecule has 0 saturated heterocycles. The van der Waals surface area contributed by atoms with Gasteiger partial charge in [0.25, 0.3) is 11.1 Å². The molecule has 0 aliphatic heterocycles. The minimum atomic E-state index is -3.89. The number of aromatic amines is 2. The van der Waals surface area contributed by atoms with Crippen LogP contribution in [-0.4, -0.2) is 28.4 Å². The molecule has 0 atom stereocenters. The first-order valence-corrected chi connectivity index (χ1v) is 11.6. The first-order chi connectivity index (χ1) is 17.5. The summed E-state index contributed by atoms with van der Waals surface area (Å²) in [6.07, 6.45) is 0. The van der Waals surface area contributed by atoms with E-state index in [1.54, 1.807) is 0 Å². The van der Waals surface area contributed by atoms with Gasteiger partial charge in [-0.3, -0.25) is 19.6 Å². The predicted molar refractivity (Wildman–Crippen MR) is 134 cm³/mol. The molecule has 0 bridgehead atoms. The maximum absolute atomic E-state index is 13.0. The van der Waals surface area contributed by atoms with E-state index in [1.807, 2.05) is 0 Å². The molecule has 4 aromatic rings. The van der Waals surface area contributed by atoms with Crippen molar-refractivity contribution in [1.82, 2.24) is 19.9 Å². The second-order valence-electron chi connectivity index (χ2n) is 7.26. The van der Waals surface area contributed by atoms with Gasteiger partial charge in [0.05, 0.1) is 21.2 Å². The Hall–Kier alpha value is -5.45. The van der Waals surface area contributed by atoms with Crippen molar-refractivity contribution < 1.29 is 8.42 Å². The van der Waals surface area contributed by atoms with Crippen LogP contribution in [0.1, 0.15) is 0 Å². The van der Waals surface area contributed by atoms with E-state index in [0.29, 0.717) is 0 Å². The molecule has 0 spiro atoms. The fourth-order valence-electron chi connectivity index (χ4n) is 2.93. The fourth-order valence-corrected chi connectivity index (χ4v) is 4.19. The van der Waals surface area contributed by atoms with E-state index < -0.39 is 21.0 Å². The Kier molecular flexibility index (Phi) is 6.44. The largest absolute Gasteiger partial charge is 0.382 e. The summed E-state index contributed by atoms with van der Waals surface area (Å²) in [6.45, 7) is 0. The Bertz CT molecular complexity index is 1630. The molecule has 0 amide bonds.